The summed E-state index contributed by atoms with van der Waals surface area (Å²) >= 11 is 0. The molecule has 2 N–H and O–H groups in total. The number of carbonyl (C=O) groups is 2. The maximum Gasteiger partial charge on any atom is 0.407 e. The van der Waals surface area contributed by atoms with Crippen LogP contribution in [0.25, 0.3) is 0 Å². The number of pyridine rings is 1. The lowest BCUT2D eigenvalue weighted by Gasteiger charge is -2.49. The van der Waals surface area contributed by atoms with Crippen molar-refractivity contribution in [1.29, 1.82) is 0 Å². The number of halogens is 1. The van der Waals surface area contributed by atoms with Gasteiger partial charge in [-0.15, -0.1) is 0 Å². The fraction of sp³-hybridized carbons (Fsp3) is 0.581. The number of hydrogen-bond acceptors (Lipinski definition) is 7. The molecular weight excluding hydrogens is 541 g/mol. The molecule has 2 fully saturated rings. The second-order valence-electron chi connectivity index (χ2n) is 12.9. The normalized spacial score (nSPS) is 26.3. The van der Waals surface area contributed by atoms with Gasteiger partial charge in [0.1, 0.15) is 5.82 Å². The molecule has 2 saturated heterocycles. The van der Waals surface area contributed by atoms with Crippen LogP contribution in [0.2, 0.25) is 0 Å². The fourth-order valence-corrected chi connectivity index (χ4v) is 6.47. The smallest absolute Gasteiger partial charge is 0.407 e. The maximum atomic E-state index is 14.0. The summed E-state index contributed by atoms with van der Waals surface area (Å²) in [4.78, 5) is 38.3. The van der Waals surface area contributed by atoms with E-state index >= 15 is 0 Å². The van der Waals surface area contributed by atoms with Gasteiger partial charge in [-0.2, -0.15) is 0 Å². The summed E-state index contributed by atoms with van der Waals surface area (Å²) in [6.07, 6.45) is 1.41. The standard InChI is InChI=1S/C31H42FN5O5/c1-21-14-34(25(16-36(21)29(40)41)15-35-9-10-42-20-31(35,4)19-38)17-28(39)37-18-30(2,3)26-13-33-24(12-27(26)37)11-22-5-7-23(32)8-6-22/h5-8,12-13,21,25,38H,9-11,14-20H2,1-4H3,(H,40,41)/t21-,25+,31?/m1/s1. The Morgan fingerprint density at radius 1 is 1.17 bits per heavy atom. The van der Waals surface area contributed by atoms with Gasteiger partial charge in [-0.1, -0.05) is 26.0 Å². The first-order valence-electron chi connectivity index (χ1n) is 14.6. The second-order valence-corrected chi connectivity index (χ2v) is 12.9. The predicted octanol–water partition coefficient (Wildman–Crippen LogP) is 2.57. The number of carboxylic acid groups (broad SMARTS) is 1. The number of rotatable bonds is 7. The highest BCUT2D eigenvalue weighted by atomic mass is 19.1. The van der Waals surface area contributed by atoms with E-state index in [1.165, 1.54) is 17.0 Å². The van der Waals surface area contributed by atoms with Crippen LogP contribution in [-0.4, -0.2) is 119 Å². The van der Waals surface area contributed by atoms with Crippen LogP contribution in [0.5, 0.6) is 0 Å². The van der Waals surface area contributed by atoms with Gasteiger partial charge >= 0.3 is 6.09 Å². The first-order chi connectivity index (χ1) is 19.9. The molecule has 0 spiro atoms. The number of ether oxygens (including phenoxy) is 1. The summed E-state index contributed by atoms with van der Waals surface area (Å²) in [6.45, 7) is 11.4. The minimum atomic E-state index is -0.971. The van der Waals surface area contributed by atoms with E-state index in [-0.39, 0.29) is 48.9 Å². The Labute approximate surface area is 246 Å². The van der Waals surface area contributed by atoms with Crippen molar-refractivity contribution in [2.24, 2.45) is 0 Å². The van der Waals surface area contributed by atoms with E-state index in [4.69, 9.17) is 4.74 Å². The van der Waals surface area contributed by atoms with E-state index < -0.39 is 11.6 Å². The lowest BCUT2D eigenvalue weighted by atomic mass is 9.88. The number of benzene rings is 1. The molecule has 3 aliphatic rings. The molecule has 0 saturated carbocycles. The topological polar surface area (TPSA) is 110 Å². The molecule has 0 aliphatic carbocycles. The van der Waals surface area contributed by atoms with E-state index in [9.17, 15) is 24.2 Å². The number of aliphatic hydroxyl groups is 1. The zero-order valence-corrected chi connectivity index (χ0v) is 24.9. The first-order valence-corrected chi connectivity index (χ1v) is 14.6. The fourth-order valence-electron chi connectivity index (χ4n) is 6.47. The number of anilines is 1. The number of fused-ring (bicyclic) bond motifs is 1. The monoisotopic (exact) mass is 583 g/mol. The summed E-state index contributed by atoms with van der Waals surface area (Å²) in [7, 11) is 0. The molecule has 2 aromatic rings. The molecule has 2 amide bonds. The van der Waals surface area contributed by atoms with Crippen LogP contribution in [-0.2, 0) is 21.4 Å². The summed E-state index contributed by atoms with van der Waals surface area (Å²) in [6, 6.07) is 7.82. The molecule has 1 unspecified atom stereocenters. The summed E-state index contributed by atoms with van der Waals surface area (Å²) in [5.41, 5.74) is 2.73. The van der Waals surface area contributed by atoms with E-state index in [0.29, 0.717) is 45.8 Å². The van der Waals surface area contributed by atoms with Gasteiger partial charge < -0.3 is 24.7 Å². The van der Waals surface area contributed by atoms with Crippen molar-refractivity contribution in [2.45, 2.75) is 57.2 Å². The Morgan fingerprint density at radius 2 is 1.90 bits per heavy atom. The average Bonchev–Trinajstić information content (AvgIpc) is 3.22. The van der Waals surface area contributed by atoms with Gasteiger partial charge in [0.15, 0.2) is 0 Å². The number of morpholine rings is 1. The third-order valence-corrected chi connectivity index (χ3v) is 9.10. The molecule has 4 heterocycles. The van der Waals surface area contributed by atoms with Crippen LogP contribution in [0, 0.1) is 5.82 Å². The van der Waals surface area contributed by atoms with Crippen LogP contribution in [0.1, 0.15) is 44.5 Å². The van der Waals surface area contributed by atoms with Crippen LogP contribution >= 0.6 is 0 Å². The predicted molar refractivity (Wildman–Crippen MR) is 156 cm³/mol. The Kier molecular flexibility index (Phi) is 8.58. The van der Waals surface area contributed by atoms with Gasteiger partial charge in [0.2, 0.25) is 5.91 Å². The van der Waals surface area contributed by atoms with Crippen molar-refractivity contribution in [3.8, 4) is 0 Å². The van der Waals surface area contributed by atoms with E-state index in [1.807, 2.05) is 31.0 Å². The highest BCUT2D eigenvalue weighted by Crippen LogP contribution is 2.40. The average molecular weight is 584 g/mol. The Morgan fingerprint density at radius 3 is 2.60 bits per heavy atom. The van der Waals surface area contributed by atoms with Crippen LogP contribution in [0.15, 0.2) is 36.5 Å². The summed E-state index contributed by atoms with van der Waals surface area (Å²) < 4.78 is 19.0. The lowest BCUT2D eigenvalue weighted by Crippen LogP contribution is -2.66. The van der Waals surface area contributed by atoms with Gasteiger partial charge in [0.05, 0.1) is 37.6 Å². The SMILES string of the molecule is C[C@@H]1CN(CC(=O)N2CC(C)(C)c3cnc(Cc4ccc(F)cc4)cc32)[C@@H](CN2CCOCC2(C)CO)CN1C(=O)O. The lowest BCUT2D eigenvalue weighted by molar-refractivity contribution is -0.123. The van der Waals surface area contributed by atoms with Crippen molar-refractivity contribution in [2.75, 3.05) is 64.0 Å². The van der Waals surface area contributed by atoms with Crippen molar-refractivity contribution in [1.82, 2.24) is 19.7 Å². The Bertz CT molecular complexity index is 1310. The van der Waals surface area contributed by atoms with Gasteiger partial charge in [-0.3, -0.25) is 19.6 Å². The van der Waals surface area contributed by atoms with E-state index in [0.717, 1.165) is 22.5 Å². The van der Waals surface area contributed by atoms with Gasteiger partial charge in [-0.25, -0.2) is 9.18 Å². The molecule has 1 aromatic heterocycles. The molecule has 3 aliphatic heterocycles. The number of amides is 2. The number of piperazine rings is 1. The molecule has 11 heteroatoms. The Hall–Kier alpha value is -3.12. The van der Waals surface area contributed by atoms with Gasteiger partial charge in [-0.05, 0) is 37.6 Å². The minimum absolute atomic E-state index is 0.0476. The number of aliphatic hydroxyl groups excluding tert-OH is 1. The number of nitrogens with zero attached hydrogens (tertiary/aromatic N) is 5. The minimum Gasteiger partial charge on any atom is -0.465 e. The highest BCUT2D eigenvalue weighted by Gasteiger charge is 2.43. The van der Waals surface area contributed by atoms with Crippen LogP contribution in [0.3, 0.4) is 0 Å². The third kappa shape index (κ3) is 6.15. The molecule has 3 atom stereocenters. The zero-order chi connectivity index (χ0) is 30.2. The van der Waals surface area contributed by atoms with Crippen LogP contribution in [0.4, 0.5) is 14.9 Å². The van der Waals surface area contributed by atoms with Crippen LogP contribution < -0.4 is 4.90 Å². The van der Waals surface area contributed by atoms with E-state index in [2.05, 4.69) is 28.6 Å². The number of aromatic nitrogens is 1. The molecule has 0 bridgehead atoms. The quantitative estimate of drug-likeness (QED) is 0.512. The van der Waals surface area contributed by atoms with Crippen molar-refractivity contribution >= 4 is 17.7 Å². The Balaban J connectivity index is 1.37. The van der Waals surface area contributed by atoms with Crippen molar-refractivity contribution in [3.63, 3.8) is 0 Å². The molecule has 5 rings (SSSR count). The van der Waals surface area contributed by atoms with Crippen molar-refractivity contribution in [3.05, 3.63) is 59.2 Å². The first kappa shape index (κ1) is 30.3. The van der Waals surface area contributed by atoms with Gasteiger partial charge in [0, 0.05) is 74.1 Å². The largest absolute Gasteiger partial charge is 0.465 e. The number of carbonyl (C=O) groups excluding carboxylic acids is 1. The zero-order valence-electron chi connectivity index (χ0n) is 24.9. The third-order valence-electron chi connectivity index (χ3n) is 9.10. The summed E-state index contributed by atoms with van der Waals surface area (Å²) in [5.74, 6) is -0.334. The molecule has 42 heavy (non-hydrogen) atoms. The van der Waals surface area contributed by atoms with Crippen molar-refractivity contribution < 1.29 is 28.9 Å². The summed E-state index contributed by atoms with van der Waals surface area (Å²) in [5, 5.41) is 20.0. The van der Waals surface area contributed by atoms with Gasteiger partial charge in [0.25, 0.3) is 0 Å². The second kappa shape index (κ2) is 11.9. The molecular formula is C31H42FN5O5. The van der Waals surface area contributed by atoms with E-state index in [1.54, 1.807) is 12.1 Å². The molecule has 0 radical (unpaired) electrons. The number of hydrogen-bond donors (Lipinski definition) is 2. The molecule has 228 valence electrons. The maximum absolute atomic E-state index is 14.0. The molecule has 10 nitrogen and oxygen atoms in total. The highest BCUT2D eigenvalue weighted by molar-refractivity contribution is 5.97. The molecule has 1 aromatic carbocycles.